The van der Waals surface area contributed by atoms with Crippen LogP contribution in [0.5, 0.6) is 0 Å². The number of aromatic nitrogens is 2. The molecule has 6 nitrogen and oxygen atoms in total. The Hall–Kier alpha value is -1.72. The highest BCUT2D eigenvalue weighted by Gasteiger charge is 2.21. The Morgan fingerprint density at radius 2 is 2.00 bits per heavy atom. The summed E-state index contributed by atoms with van der Waals surface area (Å²) in [7, 11) is 0. The van der Waals surface area contributed by atoms with E-state index < -0.39 is 0 Å². The summed E-state index contributed by atoms with van der Waals surface area (Å²) >= 11 is 0. The molecular formula is C12H20N4O2. The average Bonchev–Trinajstić information content (AvgIpc) is 2.32. The summed E-state index contributed by atoms with van der Waals surface area (Å²) in [6.45, 7) is 6.52. The lowest BCUT2D eigenvalue weighted by molar-refractivity contribution is -0.386. The van der Waals surface area contributed by atoms with E-state index in [2.05, 4.69) is 22.2 Å². The molecule has 0 saturated carbocycles. The maximum Gasteiger partial charge on any atom is 0.311 e. The number of anilines is 1. The molecule has 0 aliphatic rings. The zero-order valence-electron chi connectivity index (χ0n) is 11.2. The fourth-order valence-electron chi connectivity index (χ4n) is 1.70. The van der Waals surface area contributed by atoms with Crippen molar-refractivity contribution in [3.63, 3.8) is 0 Å². The number of nitrogens with one attached hydrogen (secondary N) is 1. The molecule has 0 aromatic carbocycles. The van der Waals surface area contributed by atoms with Gasteiger partial charge in [-0.15, -0.1) is 0 Å². The first kappa shape index (κ1) is 14.3. The van der Waals surface area contributed by atoms with Crippen molar-refractivity contribution >= 4 is 11.6 Å². The normalized spacial score (nSPS) is 10.4. The lowest BCUT2D eigenvalue weighted by Crippen LogP contribution is -2.10. The summed E-state index contributed by atoms with van der Waals surface area (Å²) in [6, 6.07) is 0. The maximum atomic E-state index is 11.0. The van der Waals surface area contributed by atoms with Gasteiger partial charge in [-0.1, -0.05) is 20.3 Å². The van der Waals surface area contributed by atoms with Gasteiger partial charge in [0.05, 0.1) is 4.92 Å². The number of nitrogens with zero attached hydrogens (tertiary/aromatic N) is 3. The number of unbranched alkanes of at least 4 members (excludes halogenated alkanes) is 1. The second-order valence-electron chi connectivity index (χ2n) is 4.22. The quantitative estimate of drug-likeness (QED) is 0.596. The van der Waals surface area contributed by atoms with E-state index in [9.17, 15) is 10.1 Å². The van der Waals surface area contributed by atoms with Crippen LogP contribution in [0.2, 0.25) is 0 Å². The lowest BCUT2D eigenvalue weighted by Gasteiger charge is -2.08. The highest BCUT2D eigenvalue weighted by atomic mass is 16.6. The molecule has 1 heterocycles. The van der Waals surface area contributed by atoms with Crippen LogP contribution in [-0.4, -0.2) is 21.4 Å². The SMILES string of the molecule is CCCCc1nc(NCCC)nc(C)c1[N+](=O)[O-]. The molecule has 0 unspecified atom stereocenters. The zero-order valence-corrected chi connectivity index (χ0v) is 11.2. The molecule has 0 saturated heterocycles. The van der Waals surface area contributed by atoms with E-state index in [4.69, 9.17) is 0 Å². The van der Waals surface area contributed by atoms with Crippen LogP contribution in [0.4, 0.5) is 11.6 Å². The van der Waals surface area contributed by atoms with Gasteiger partial charge in [0.1, 0.15) is 11.4 Å². The van der Waals surface area contributed by atoms with E-state index in [1.807, 2.05) is 6.92 Å². The number of rotatable bonds is 7. The van der Waals surface area contributed by atoms with Crippen LogP contribution in [0.15, 0.2) is 0 Å². The molecule has 1 aromatic rings. The van der Waals surface area contributed by atoms with Crippen molar-refractivity contribution in [2.24, 2.45) is 0 Å². The van der Waals surface area contributed by atoms with Crippen LogP contribution >= 0.6 is 0 Å². The highest BCUT2D eigenvalue weighted by Crippen LogP contribution is 2.23. The number of hydrogen-bond acceptors (Lipinski definition) is 5. The van der Waals surface area contributed by atoms with Gasteiger partial charge in [0, 0.05) is 6.54 Å². The summed E-state index contributed by atoms with van der Waals surface area (Å²) in [6.07, 6.45) is 3.46. The van der Waals surface area contributed by atoms with Gasteiger partial charge in [-0.05, 0) is 26.2 Å². The Morgan fingerprint density at radius 3 is 2.56 bits per heavy atom. The molecule has 0 aliphatic carbocycles. The monoisotopic (exact) mass is 252 g/mol. The molecule has 0 spiro atoms. The first-order chi connectivity index (χ1) is 8.60. The second-order valence-corrected chi connectivity index (χ2v) is 4.22. The Kier molecular flexibility index (Phi) is 5.48. The highest BCUT2D eigenvalue weighted by molar-refractivity contribution is 5.44. The van der Waals surface area contributed by atoms with Gasteiger partial charge in [0.2, 0.25) is 5.95 Å². The van der Waals surface area contributed by atoms with Crippen LogP contribution < -0.4 is 5.32 Å². The minimum absolute atomic E-state index is 0.0606. The Bertz CT molecular complexity index is 421. The molecule has 1 aromatic heterocycles. The van der Waals surface area contributed by atoms with Crippen LogP contribution in [0.25, 0.3) is 0 Å². The van der Waals surface area contributed by atoms with Crippen molar-refractivity contribution in [1.29, 1.82) is 0 Å². The fourth-order valence-corrected chi connectivity index (χ4v) is 1.70. The third kappa shape index (κ3) is 3.65. The topological polar surface area (TPSA) is 81.0 Å². The van der Waals surface area contributed by atoms with Crippen molar-refractivity contribution < 1.29 is 4.92 Å². The number of aryl methyl sites for hydroxylation is 2. The molecule has 0 bridgehead atoms. The van der Waals surface area contributed by atoms with Gasteiger partial charge < -0.3 is 5.32 Å². The van der Waals surface area contributed by atoms with Gasteiger partial charge in [0.15, 0.2) is 0 Å². The van der Waals surface area contributed by atoms with Crippen molar-refractivity contribution in [2.75, 3.05) is 11.9 Å². The van der Waals surface area contributed by atoms with E-state index >= 15 is 0 Å². The molecule has 100 valence electrons. The summed E-state index contributed by atoms with van der Waals surface area (Å²) < 4.78 is 0. The van der Waals surface area contributed by atoms with Crippen LogP contribution in [0.1, 0.15) is 44.5 Å². The molecule has 0 radical (unpaired) electrons. The van der Waals surface area contributed by atoms with Gasteiger partial charge in [-0.25, -0.2) is 9.97 Å². The van der Waals surface area contributed by atoms with Gasteiger partial charge >= 0.3 is 5.69 Å². The number of nitro groups is 1. The summed E-state index contributed by atoms with van der Waals surface area (Å²) in [5.41, 5.74) is 1.03. The van der Waals surface area contributed by atoms with Gasteiger partial charge in [-0.3, -0.25) is 10.1 Å². The number of hydrogen-bond donors (Lipinski definition) is 1. The van der Waals surface area contributed by atoms with E-state index in [1.165, 1.54) is 0 Å². The Balaban J connectivity index is 3.06. The van der Waals surface area contributed by atoms with Crippen molar-refractivity contribution in [3.8, 4) is 0 Å². The smallest absolute Gasteiger partial charge is 0.311 e. The summed E-state index contributed by atoms with van der Waals surface area (Å²) in [5, 5.41) is 14.1. The van der Waals surface area contributed by atoms with Crippen LogP contribution in [0.3, 0.4) is 0 Å². The molecule has 1 N–H and O–H groups in total. The molecule has 0 fully saturated rings. The van der Waals surface area contributed by atoms with Gasteiger partial charge in [0.25, 0.3) is 0 Å². The van der Waals surface area contributed by atoms with Crippen LogP contribution in [0, 0.1) is 17.0 Å². The minimum Gasteiger partial charge on any atom is -0.354 e. The Labute approximate surface area is 107 Å². The molecule has 0 amide bonds. The molecule has 1 rings (SSSR count). The molecule has 18 heavy (non-hydrogen) atoms. The summed E-state index contributed by atoms with van der Waals surface area (Å²) in [5.74, 6) is 0.492. The average molecular weight is 252 g/mol. The zero-order chi connectivity index (χ0) is 13.5. The van der Waals surface area contributed by atoms with E-state index in [-0.39, 0.29) is 10.6 Å². The largest absolute Gasteiger partial charge is 0.354 e. The minimum atomic E-state index is -0.385. The first-order valence-corrected chi connectivity index (χ1v) is 6.35. The fraction of sp³-hybridized carbons (Fsp3) is 0.667. The van der Waals surface area contributed by atoms with Crippen molar-refractivity contribution in [3.05, 3.63) is 21.5 Å². The maximum absolute atomic E-state index is 11.0. The molecule has 0 atom stereocenters. The predicted octanol–water partition coefficient (Wildman–Crippen LogP) is 2.86. The molecule has 6 heteroatoms. The van der Waals surface area contributed by atoms with E-state index in [0.717, 1.165) is 25.8 Å². The third-order valence-corrected chi connectivity index (χ3v) is 2.61. The second kappa shape index (κ2) is 6.88. The van der Waals surface area contributed by atoms with E-state index in [0.29, 0.717) is 23.8 Å². The first-order valence-electron chi connectivity index (χ1n) is 6.35. The summed E-state index contributed by atoms with van der Waals surface area (Å²) in [4.78, 5) is 19.1. The molecule has 0 aliphatic heterocycles. The van der Waals surface area contributed by atoms with E-state index in [1.54, 1.807) is 6.92 Å². The Morgan fingerprint density at radius 1 is 1.28 bits per heavy atom. The van der Waals surface area contributed by atoms with Crippen LogP contribution in [-0.2, 0) is 6.42 Å². The van der Waals surface area contributed by atoms with Crippen molar-refractivity contribution in [2.45, 2.75) is 46.5 Å². The standard InChI is InChI=1S/C12H20N4O2/c1-4-6-7-10-11(16(17)18)9(3)14-12(15-10)13-8-5-2/h4-8H2,1-3H3,(H,13,14,15). The molecular weight excluding hydrogens is 232 g/mol. The van der Waals surface area contributed by atoms with Gasteiger partial charge in [-0.2, -0.15) is 0 Å². The van der Waals surface area contributed by atoms with Crippen molar-refractivity contribution in [1.82, 2.24) is 9.97 Å². The third-order valence-electron chi connectivity index (χ3n) is 2.61. The lowest BCUT2D eigenvalue weighted by atomic mass is 10.1. The predicted molar refractivity (Wildman–Crippen MR) is 70.8 cm³/mol.